The molecule has 4 aliphatic carbocycles. The molecule has 0 aromatic heterocycles. The van der Waals surface area contributed by atoms with Crippen LogP contribution < -0.4 is 0 Å². The molecular formula is C34H55NO7. The summed E-state index contributed by atoms with van der Waals surface area (Å²) in [4.78, 5) is 16.8. The lowest BCUT2D eigenvalue weighted by atomic mass is 9.51. The van der Waals surface area contributed by atoms with Crippen molar-refractivity contribution in [3.05, 3.63) is 0 Å². The molecule has 8 heteroatoms. The SMILES string of the molecule is C[C@H]1CC[C@@]2(C)[C@H](C)[C@@H]3CC[C@@H]4[C@@H](C[C@H]5[C@H]4CC(=O)[C@H]4C[C@@H](O[C@H]6O[C@H](CO)[C@@H](O)[C@H](O)[C@H]6O)CC[C@@]45C)[C@@H]3CN2C1. The average Bonchev–Trinajstić information content (AvgIpc) is 3.35. The molecule has 0 radical (unpaired) electrons. The quantitative estimate of drug-likeness (QED) is 0.371. The van der Waals surface area contributed by atoms with Crippen molar-refractivity contribution in [2.75, 3.05) is 19.7 Å². The summed E-state index contributed by atoms with van der Waals surface area (Å²) in [5.74, 6) is 5.90. The molecule has 0 unspecified atom stereocenters. The molecule has 0 bridgehead atoms. The van der Waals surface area contributed by atoms with Crippen molar-refractivity contribution in [3.8, 4) is 0 Å². The number of hydrogen-bond acceptors (Lipinski definition) is 8. The molecule has 0 aromatic carbocycles. The van der Waals surface area contributed by atoms with E-state index >= 15 is 0 Å². The molecule has 17 atom stereocenters. The number of aliphatic hydroxyl groups is 4. The molecule has 0 aromatic rings. The van der Waals surface area contributed by atoms with Crippen LogP contribution in [0.25, 0.3) is 0 Å². The van der Waals surface area contributed by atoms with Crippen LogP contribution >= 0.6 is 0 Å². The zero-order chi connectivity index (χ0) is 29.7. The highest BCUT2D eigenvalue weighted by molar-refractivity contribution is 5.83. The van der Waals surface area contributed by atoms with Gasteiger partial charge in [-0.3, -0.25) is 9.69 Å². The van der Waals surface area contributed by atoms with Gasteiger partial charge in [0.15, 0.2) is 6.29 Å². The van der Waals surface area contributed by atoms with Crippen molar-refractivity contribution in [3.63, 3.8) is 0 Å². The third-order valence-electron chi connectivity index (χ3n) is 14.7. The molecule has 4 saturated carbocycles. The van der Waals surface area contributed by atoms with Gasteiger partial charge in [-0.15, -0.1) is 0 Å². The molecule has 42 heavy (non-hydrogen) atoms. The molecule has 7 fully saturated rings. The molecule has 3 aliphatic heterocycles. The standard InChI is InChI=1S/C34H55NO7/c1-17-7-10-34(4)18(2)20-5-6-21-22(24(20)15-35(34)14-17)12-25-23(21)13-27(37)26-11-19(8-9-33(25,26)3)41-32-31(40)30(39)29(38)28(16-36)42-32/h17-26,28-32,36,38-40H,5-16H2,1-4H3/t17-,18+,19-,20-,21+,22+,23-,24+,25-,26+,28+,29+,30-,31+,32-,33+,34-/m0/s1. The molecule has 4 N–H and O–H groups in total. The van der Waals surface area contributed by atoms with Gasteiger partial charge >= 0.3 is 0 Å². The molecule has 0 spiro atoms. The predicted molar refractivity (Wildman–Crippen MR) is 156 cm³/mol. The van der Waals surface area contributed by atoms with E-state index in [0.717, 1.165) is 42.4 Å². The zero-order valence-electron chi connectivity index (χ0n) is 26.1. The van der Waals surface area contributed by atoms with Gasteiger partial charge in [-0.2, -0.15) is 0 Å². The maximum absolute atomic E-state index is 13.9. The third-order valence-corrected chi connectivity index (χ3v) is 14.7. The van der Waals surface area contributed by atoms with Crippen LogP contribution in [0.3, 0.4) is 0 Å². The first-order chi connectivity index (χ1) is 20.0. The van der Waals surface area contributed by atoms with Crippen LogP contribution in [0.15, 0.2) is 0 Å². The predicted octanol–water partition coefficient (Wildman–Crippen LogP) is 2.99. The van der Waals surface area contributed by atoms with Gasteiger partial charge < -0.3 is 29.9 Å². The van der Waals surface area contributed by atoms with Gasteiger partial charge in [0.1, 0.15) is 30.2 Å². The average molecular weight is 590 g/mol. The summed E-state index contributed by atoms with van der Waals surface area (Å²) in [7, 11) is 0. The van der Waals surface area contributed by atoms with Crippen molar-refractivity contribution in [1.82, 2.24) is 4.90 Å². The van der Waals surface area contributed by atoms with E-state index in [1.54, 1.807) is 0 Å². The number of carbonyl (C=O) groups is 1. The second-order valence-electron chi connectivity index (χ2n) is 16.4. The fourth-order valence-corrected chi connectivity index (χ4v) is 12.0. The topological polar surface area (TPSA) is 120 Å². The fourth-order valence-electron chi connectivity index (χ4n) is 12.0. The van der Waals surface area contributed by atoms with E-state index in [0.29, 0.717) is 41.9 Å². The van der Waals surface area contributed by atoms with Crippen molar-refractivity contribution in [1.29, 1.82) is 0 Å². The van der Waals surface area contributed by atoms with Gasteiger partial charge in [-0.25, -0.2) is 0 Å². The van der Waals surface area contributed by atoms with Crippen molar-refractivity contribution in [2.24, 2.45) is 58.7 Å². The molecule has 3 heterocycles. The highest BCUT2D eigenvalue weighted by atomic mass is 16.7. The van der Waals surface area contributed by atoms with Gasteiger partial charge in [-0.1, -0.05) is 20.8 Å². The van der Waals surface area contributed by atoms with E-state index in [4.69, 9.17) is 9.47 Å². The second-order valence-corrected chi connectivity index (χ2v) is 16.4. The second kappa shape index (κ2) is 10.7. The zero-order valence-corrected chi connectivity index (χ0v) is 26.1. The molecular weight excluding hydrogens is 534 g/mol. The van der Waals surface area contributed by atoms with Gasteiger partial charge in [0.25, 0.3) is 0 Å². The van der Waals surface area contributed by atoms with Crippen LogP contribution in [0, 0.1) is 58.7 Å². The van der Waals surface area contributed by atoms with Crippen molar-refractivity contribution in [2.45, 2.75) is 128 Å². The Bertz CT molecular complexity index is 1040. The Morgan fingerprint density at radius 1 is 0.881 bits per heavy atom. The Balaban J connectivity index is 1.07. The van der Waals surface area contributed by atoms with Crippen LogP contribution in [-0.2, 0) is 14.3 Å². The van der Waals surface area contributed by atoms with Crippen LogP contribution in [0.4, 0.5) is 0 Å². The smallest absolute Gasteiger partial charge is 0.186 e. The number of carbonyl (C=O) groups excluding carboxylic acids is 1. The minimum atomic E-state index is -1.45. The number of Topliss-reactive ketones (excluding diaryl/α,β-unsaturated/α-hetero) is 1. The number of ketones is 1. The van der Waals surface area contributed by atoms with Crippen LogP contribution in [0.1, 0.15) is 85.5 Å². The summed E-state index contributed by atoms with van der Waals surface area (Å²) < 4.78 is 11.8. The van der Waals surface area contributed by atoms with Gasteiger partial charge in [0, 0.05) is 31.0 Å². The third kappa shape index (κ3) is 4.44. The summed E-state index contributed by atoms with van der Waals surface area (Å²) in [6.07, 6.45) is 2.93. The lowest BCUT2D eigenvalue weighted by Gasteiger charge is -2.61. The van der Waals surface area contributed by atoms with E-state index in [9.17, 15) is 25.2 Å². The Morgan fingerprint density at radius 2 is 1.64 bits per heavy atom. The maximum atomic E-state index is 13.9. The Morgan fingerprint density at radius 3 is 2.40 bits per heavy atom. The first-order valence-electron chi connectivity index (χ1n) is 17.2. The van der Waals surface area contributed by atoms with Crippen LogP contribution in [0.2, 0.25) is 0 Å². The minimum Gasteiger partial charge on any atom is -0.394 e. The van der Waals surface area contributed by atoms with E-state index < -0.39 is 37.3 Å². The molecule has 3 saturated heterocycles. The summed E-state index contributed by atoms with van der Waals surface area (Å²) >= 11 is 0. The van der Waals surface area contributed by atoms with Crippen molar-refractivity contribution < 1.29 is 34.7 Å². The first-order valence-corrected chi connectivity index (χ1v) is 17.2. The van der Waals surface area contributed by atoms with Crippen LogP contribution in [0.5, 0.6) is 0 Å². The number of aliphatic hydroxyl groups excluding tert-OH is 4. The summed E-state index contributed by atoms with van der Waals surface area (Å²) in [6.45, 7) is 11.9. The van der Waals surface area contributed by atoms with E-state index in [1.807, 2.05) is 0 Å². The van der Waals surface area contributed by atoms with E-state index in [2.05, 4.69) is 32.6 Å². The van der Waals surface area contributed by atoms with E-state index in [1.165, 1.54) is 45.2 Å². The largest absolute Gasteiger partial charge is 0.394 e. The lowest BCUT2D eigenvalue weighted by Crippen LogP contribution is -2.65. The normalized spacial score (nSPS) is 57.9. The number of fused-ring (bicyclic) bond motifs is 8. The number of hydrogen-bond donors (Lipinski definition) is 4. The number of rotatable bonds is 3. The highest BCUT2D eigenvalue weighted by Gasteiger charge is 2.64. The Hall–Kier alpha value is -0.610. The fraction of sp³-hybridized carbons (Fsp3) is 0.971. The molecule has 7 aliphatic rings. The molecule has 0 amide bonds. The molecule has 238 valence electrons. The molecule has 8 nitrogen and oxygen atoms in total. The molecule has 7 rings (SSSR count). The summed E-state index contributed by atoms with van der Waals surface area (Å²) in [5.41, 5.74) is 0.314. The highest BCUT2D eigenvalue weighted by Crippen LogP contribution is 2.67. The van der Waals surface area contributed by atoms with Gasteiger partial charge in [0.05, 0.1) is 12.7 Å². The van der Waals surface area contributed by atoms with Gasteiger partial charge in [-0.05, 0) is 111 Å². The minimum absolute atomic E-state index is 0.0312. The first kappa shape index (κ1) is 30.1. The maximum Gasteiger partial charge on any atom is 0.186 e. The lowest BCUT2D eigenvalue weighted by molar-refractivity contribution is -0.315. The van der Waals surface area contributed by atoms with Gasteiger partial charge in [0.2, 0.25) is 0 Å². The van der Waals surface area contributed by atoms with E-state index in [-0.39, 0.29) is 17.4 Å². The summed E-state index contributed by atoms with van der Waals surface area (Å²) in [5, 5.41) is 40.5. The Labute approximate surface area is 251 Å². The number of ether oxygens (including phenoxy) is 2. The van der Waals surface area contributed by atoms with Crippen LogP contribution in [-0.4, -0.2) is 93.2 Å². The summed E-state index contributed by atoms with van der Waals surface area (Å²) in [6, 6.07) is 0. The number of piperidine rings is 2. The number of nitrogens with zero attached hydrogens (tertiary/aromatic N) is 1. The Kier molecular flexibility index (Phi) is 7.69. The monoisotopic (exact) mass is 589 g/mol. The van der Waals surface area contributed by atoms with Crippen molar-refractivity contribution >= 4 is 5.78 Å².